The molecular formula is C19H27ClN4O2. The maximum Gasteiger partial charge on any atom is 0.271 e. The van der Waals surface area contributed by atoms with Gasteiger partial charge in [0.25, 0.3) is 5.91 Å². The van der Waals surface area contributed by atoms with E-state index in [1.54, 1.807) is 13.2 Å². The lowest BCUT2D eigenvalue weighted by Gasteiger charge is -2.22. The molecule has 6 nitrogen and oxygen atoms in total. The molecule has 0 radical (unpaired) electrons. The number of nitrogens with zero attached hydrogens (tertiary/aromatic N) is 2. The molecule has 1 aromatic carbocycles. The van der Waals surface area contributed by atoms with Crippen LogP contribution < -0.4 is 15.4 Å². The van der Waals surface area contributed by atoms with E-state index in [2.05, 4.69) is 21.8 Å². The zero-order valence-electron chi connectivity index (χ0n) is 15.3. The number of hydrogen-bond donors (Lipinski definition) is 2. The van der Waals surface area contributed by atoms with Gasteiger partial charge in [0.05, 0.1) is 13.2 Å². The van der Waals surface area contributed by atoms with Crippen molar-refractivity contribution in [3.63, 3.8) is 0 Å². The van der Waals surface area contributed by atoms with Gasteiger partial charge >= 0.3 is 0 Å². The van der Waals surface area contributed by atoms with Crippen LogP contribution in [0.4, 0.5) is 0 Å². The predicted molar refractivity (Wildman–Crippen MR) is 104 cm³/mol. The van der Waals surface area contributed by atoms with Crippen LogP contribution in [0.25, 0.3) is 0 Å². The van der Waals surface area contributed by atoms with Crippen molar-refractivity contribution in [3.8, 4) is 5.75 Å². The summed E-state index contributed by atoms with van der Waals surface area (Å²) < 4.78 is 7.25. The molecule has 1 saturated heterocycles. The number of aromatic nitrogens is 2. The van der Waals surface area contributed by atoms with Crippen molar-refractivity contribution in [3.05, 3.63) is 47.3 Å². The van der Waals surface area contributed by atoms with Crippen LogP contribution >= 0.6 is 12.4 Å². The number of nitrogens with one attached hydrogen (secondary N) is 2. The van der Waals surface area contributed by atoms with Crippen molar-refractivity contribution in [1.29, 1.82) is 0 Å². The maximum absolute atomic E-state index is 12.3. The monoisotopic (exact) mass is 378 g/mol. The largest absolute Gasteiger partial charge is 0.496 e. The van der Waals surface area contributed by atoms with Crippen molar-refractivity contribution in [2.75, 3.05) is 26.7 Å². The fourth-order valence-corrected chi connectivity index (χ4v) is 3.15. The van der Waals surface area contributed by atoms with E-state index in [0.29, 0.717) is 18.3 Å². The van der Waals surface area contributed by atoms with E-state index in [-0.39, 0.29) is 18.3 Å². The Hall–Kier alpha value is -2.05. The van der Waals surface area contributed by atoms with Crippen LogP contribution in [0.1, 0.15) is 40.5 Å². The Morgan fingerprint density at radius 3 is 3.00 bits per heavy atom. The van der Waals surface area contributed by atoms with E-state index in [4.69, 9.17) is 4.74 Å². The molecule has 1 aliphatic rings. The Kier molecular flexibility index (Phi) is 7.48. The number of amides is 1. The molecule has 26 heavy (non-hydrogen) atoms. The molecule has 0 aliphatic carbocycles. The van der Waals surface area contributed by atoms with Crippen molar-refractivity contribution < 1.29 is 9.53 Å². The third kappa shape index (κ3) is 4.99. The zero-order chi connectivity index (χ0) is 17.6. The molecule has 2 heterocycles. The normalized spacial score (nSPS) is 16.6. The van der Waals surface area contributed by atoms with Gasteiger partial charge in [-0.3, -0.25) is 9.48 Å². The number of carbonyl (C=O) groups is 1. The van der Waals surface area contributed by atoms with Crippen molar-refractivity contribution >= 4 is 18.3 Å². The van der Waals surface area contributed by atoms with Crippen LogP contribution in [-0.2, 0) is 6.42 Å². The first-order valence-corrected chi connectivity index (χ1v) is 8.85. The van der Waals surface area contributed by atoms with Crippen LogP contribution in [-0.4, -0.2) is 42.4 Å². The van der Waals surface area contributed by atoms with Crippen LogP contribution in [0.15, 0.2) is 30.5 Å². The molecule has 0 saturated carbocycles. The van der Waals surface area contributed by atoms with E-state index < -0.39 is 0 Å². The minimum absolute atomic E-state index is 0. The number of hydrogen-bond acceptors (Lipinski definition) is 4. The molecule has 2 aromatic rings. The standard InChI is InChI=1S/C19H26N4O2.ClH/c1-14-5-6-15(12-18(14)25-2)7-10-21-19(24)17-8-11-23(22-17)16-4-3-9-20-13-16;/h5-6,8,11-12,16,20H,3-4,7,9-10,13H2,1-2H3,(H,21,24);1H. The number of benzene rings is 1. The van der Waals surface area contributed by atoms with E-state index in [0.717, 1.165) is 49.2 Å². The van der Waals surface area contributed by atoms with Gasteiger partial charge in [0.15, 0.2) is 0 Å². The fraction of sp³-hybridized carbons (Fsp3) is 0.474. The number of methoxy groups -OCH3 is 1. The molecule has 7 heteroatoms. The van der Waals surface area contributed by atoms with Gasteiger partial charge in [-0.2, -0.15) is 5.10 Å². The van der Waals surface area contributed by atoms with Gasteiger partial charge < -0.3 is 15.4 Å². The molecule has 1 aromatic heterocycles. The van der Waals surface area contributed by atoms with Crippen molar-refractivity contribution in [1.82, 2.24) is 20.4 Å². The van der Waals surface area contributed by atoms with Gasteiger partial charge in [0.1, 0.15) is 11.4 Å². The van der Waals surface area contributed by atoms with Gasteiger partial charge in [0.2, 0.25) is 0 Å². The number of rotatable bonds is 6. The number of carbonyl (C=O) groups excluding carboxylic acids is 1. The molecule has 1 unspecified atom stereocenters. The van der Waals surface area contributed by atoms with E-state index in [1.165, 1.54) is 0 Å². The fourth-order valence-electron chi connectivity index (χ4n) is 3.15. The van der Waals surface area contributed by atoms with E-state index in [1.807, 2.05) is 29.9 Å². The lowest BCUT2D eigenvalue weighted by Crippen LogP contribution is -2.32. The number of ether oxygens (including phenoxy) is 1. The molecule has 3 rings (SSSR count). The summed E-state index contributed by atoms with van der Waals surface area (Å²) in [4.78, 5) is 12.3. The zero-order valence-corrected chi connectivity index (χ0v) is 16.1. The average Bonchev–Trinajstić information content (AvgIpc) is 3.14. The second-order valence-electron chi connectivity index (χ2n) is 6.49. The number of halogens is 1. The number of piperidine rings is 1. The second-order valence-corrected chi connectivity index (χ2v) is 6.49. The van der Waals surface area contributed by atoms with Crippen LogP contribution in [0.5, 0.6) is 5.75 Å². The van der Waals surface area contributed by atoms with E-state index in [9.17, 15) is 4.79 Å². The summed E-state index contributed by atoms with van der Waals surface area (Å²) in [5.74, 6) is 0.755. The second kappa shape index (κ2) is 9.59. The molecule has 0 bridgehead atoms. The first kappa shape index (κ1) is 20.3. The SMILES string of the molecule is COc1cc(CCNC(=O)c2ccn(C3CCCNC3)n2)ccc1C.Cl. The molecule has 142 valence electrons. The Morgan fingerprint density at radius 2 is 2.27 bits per heavy atom. The summed E-state index contributed by atoms with van der Waals surface area (Å²) in [5.41, 5.74) is 2.73. The Balaban J connectivity index is 0.00000243. The quantitative estimate of drug-likeness (QED) is 0.810. The van der Waals surface area contributed by atoms with Crippen LogP contribution in [0.3, 0.4) is 0 Å². The third-order valence-electron chi connectivity index (χ3n) is 4.66. The Labute approximate surface area is 160 Å². The molecule has 0 spiro atoms. The van der Waals surface area contributed by atoms with Gasteiger partial charge in [-0.15, -0.1) is 12.4 Å². The van der Waals surface area contributed by atoms with Gasteiger partial charge in [-0.05, 0) is 56.0 Å². The summed E-state index contributed by atoms with van der Waals surface area (Å²) in [6.07, 6.45) is 4.91. The summed E-state index contributed by atoms with van der Waals surface area (Å²) >= 11 is 0. The highest BCUT2D eigenvalue weighted by atomic mass is 35.5. The smallest absolute Gasteiger partial charge is 0.271 e. The van der Waals surface area contributed by atoms with Gasteiger partial charge in [-0.1, -0.05) is 12.1 Å². The minimum Gasteiger partial charge on any atom is -0.496 e. The number of aryl methyl sites for hydroxylation is 1. The lowest BCUT2D eigenvalue weighted by molar-refractivity contribution is 0.0948. The topological polar surface area (TPSA) is 68.2 Å². The molecule has 1 aliphatic heterocycles. The third-order valence-corrected chi connectivity index (χ3v) is 4.66. The molecule has 1 fully saturated rings. The maximum atomic E-state index is 12.3. The highest BCUT2D eigenvalue weighted by molar-refractivity contribution is 5.92. The highest BCUT2D eigenvalue weighted by Gasteiger charge is 2.17. The van der Waals surface area contributed by atoms with Crippen LogP contribution in [0, 0.1) is 6.92 Å². The van der Waals surface area contributed by atoms with Gasteiger partial charge in [-0.25, -0.2) is 0 Å². The first-order chi connectivity index (χ1) is 12.2. The molecule has 1 atom stereocenters. The predicted octanol–water partition coefficient (Wildman–Crippen LogP) is 2.52. The molecule has 1 amide bonds. The Morgan fingerprint density at radius 1 is 1.42 bits per heavy atom. The van der Waals surface area contributed by atoms with E-state index >= 15 is 0 Å². The summed E-state index contributed by atoms with van der Waals surface area (Å²) in [6.45, 7) is 4.57. The highest BCUT2D eigenvalue weighted by Crippen LogP contribution is 2.19. The summed E-state index contributed by atoms with van der Waals surface area (Å²) in [6, 6.07) is 8.26. The van der Waals surface area contributed by atoms with Crippen LogP contribution in [0.2, 0.25) is 0 Å². The molecule has 2 N–H and O–H groups in total. The first-order valence-electron chi connectivity index (χ1n) is 8.85. The average molecular weight is 379 g/mol. The van der Waals surface area contributed by atoms with Gasteiger partial charge in [0, 0.05) is 19.3 Å². The lowest BCUT2D eigenvalue weighted by atomic mass is 10.1. The summed E-state index contributed by atoms with van der Waals surface area (Å²) in [5, 5.41) is 10.8. The van der Waals surface area contributed by atoms with Crippen molar-refractivity contribution in [2.45, 2.75) is 32.2 Å². The van der Waals surface area contributed by atoms with Crippen molar-refractivity contribution in [2.24, 2.45) is 0 Å². The molecular weight excluding hydrogens is 352 g/mol. The minimum atomic E-state index is -0.124. The Bertz CT molecular complexity index is 726. The summed E-state index contributed by atoms with van der Waals surface area (Å²) in [7, 11) is 1.67.